The van der Waals surface area contributed by atoms with Gasteiger partial charge in [-0.25, -0.2) is 4.68 Å². The van der Waals surface area contributed by atoms with Crippen LogP contribution in [0.15, 0.2) is 68.4 Å². The molecular formula is C22H21N3O3S. The number of benzene rings is 2. The molecule has 0 aliphatic carbocycles. The molecule has 0 fully saturated rings. The number of para-hydroxylation sites is 2. The van der Waals surface area contributed by atoms with Crippen molar-refractivity contribution < 1.29 is 14.3 Å². The lowest BCUT2D eigenvalue weighted by Crippen LogP contribution is -2.12. The molecule has 2 aromatic heterocycles. The minimum Gasteiger partial charge on any atom is -0.504 e. The summed E-state index contributed by atoms with van der Waals surface area (Å²) in [7, 11) is 0. The number of aromatic hydroxyl groups is 1. The third-order valence-corrected chi connectivity index (χ3v) is 5.15. The number of ether oxygens (including phenoxy) is 1. The predicted octanol–water partition coefficient (Wildman–Crippen LogP) is 4.87. The zero-order valence-corrected chi connectivity index (χ0v) is 17.0. The summed E-state index contributed by atoms with van der Waals surface area (Å²) in [5, 5.41) is 18.0. The molecule has 4 aromatic rings. The van der Waals surface area contributed by atoms with Crippen molar-refractivity contribution in [2.45, 2.75) is 13.8 Å². The Bertz CT molecular complexity index is 1200. The van der Waals surface area contributed by atoms with Crippen LogP contribution in [0, 0.1) is 0 Å². The first-order valence-corrected chi connectivity index (χ1v) is 10.3. The Morgan fingerprint density at radius 1 is 1.17 bits per heavy atom. The van der Waals surface area contributed by atoms with Gasteiger partial charge in [-0.2, -0.15) is 5.10 Å². The zero-order valence-electron chi connectivity index (χ0n) is 16.2. The van der Waals surface area contributed by atoms with Crippen molar-refractivity contribution in [3.8, 4) is 23.0 Å². The molecule has 0 saturated carbocycles. The minimum absolute atomic E-state index is 0.0631. The van der Waals surface area contributed by atoms with Crippen LogP contribution in [0.2, 0.25) is 0 Å². The van der Waals surface area contributed by atoms with E-state index in [4.69, 9.17) is 9.15 Å². The van der Waals surface area contributed by atoms with Crippen LogP contribution in [0.4, 0.5) is 0 Å². The monoisotopic (exact) mass is 407 g/mol. The molecule has 0 aliphatic heterocycles. The molecule has 0 unspecified atom stereocenters. The molecular weight excluding hydrogens is 386 g/mol. The van der Waals surface area contributed by atoms with Gasteiger partial charge in [0.15, 0.2) is 17.3 Å². The summed E-state index contributed by atoms with van der Waals surface area (Å²) in [4.78, 5) is 5.28. The van der Waals surface area contributed by atoms with Crippen LogP contribution in [-0.4, -0.2) is 29.1 Å². The highest BCUT2D eigenvalue weighted by Crippen LogP contribution is 2.30. The lowest BCUT2D eigenvalue weighted by atomic mass is 10.2. The average Bonchev–Trinajstić information content (AvgIpc) is 3.33. The Balaban J connectivity index is 1.79. The maximum atomic E-state index is 10.4. The summed E-state index contributed by atoms with van der Waals surface area (Å²) in [6.45, 7) is 4.97. The number of nitrogens with zero attached hydrogens (tertiary/aromatic N) is 3. The number of hydrogen-bond acceptors (Lipinski definition) is 6. The summed E-state index contributed by atoms with van der Waals surface area (Å²) < 4.78 is 13.2. The van der Waals surface area contributed by atoms with Gasteiger partial charge in [0, 0.05) is 22.9 Å². The van der Waals surface area contributed by atoms with E-state index >= 15 is 0 Å². The van der Waals surface area contributed by atoms with E-state index in [0.29, 0.717) is 30.2 Å². The fourth-order valence-corrected chi connectivity index (χ4v) is 3.85. The summed E-state index contributed by atoms with van der Waals surface area (Å²) in [5.74, 6) is 1.21. The van der Waals surface area contributed by atoms with E-state index in [2.05, 4.69) is 10.1 Å². The molecule has 0 radical (unpaired) electrons. The number of phenolic OH excluding ortho intramolecular Hbond substituents is 1. The van der Waals surface area contributed by atoms with Crippen LogP contribution in [-0.2, 0) is 0 Å². The van der Waals surface area contributed by atoms with Crippen molar-refractivity contribution in [3.63, 3.8) is 0 Å². The summed E-state index contributed by atoms with van der Waals surface area (Å²) >= 11 is 1.49. The van der Waals surface area contributed by atoms with Crippen LogP contribution in [0.5, 0.6) is 11.5 Å². The van der Waals surface area contributed by atoms with E-state index in [1.54, 1.807) is 23.0 Å². The van der Waals surface area contributed by atoms with Crippen LogP contribution in [0.3, 0.4) is 0 Å². The smallest absolute Gasteiger partial charge is 0.206 e. The van der Waals surface area contributed by atoms with Gasteiger partial charge in [0.1, 0.15) is 11.3 Å². The van der Waals surface area contributed by atoms with Gasteiger partial charge >= 0.3 is 0 Å². The molecule has 1 N–H and O–H groups in total. The van der Waals surface area contributed by atoms with Crippen molar-refractivity contribution in [3.05, 3.63) is 64.3 Å². The number of aromatic nitrogens is 1. The van der Waals surface area contributed by atoms with E-state index < -0.39 is 0 Å². The molecule has 2 aromatic carbocycles. The Morgan fingerprint density at radius 3 is 2.83 bits per heavy atom. The molecule has 0 atom stereocenters. The second-order valence-electron chi connectivity index (χ2n) is 6.21. The maximum absolute atomic E-state index is 10.4. The number of furan rings is 1. The summed E-state index contributed by atoms with van der Waals surface area (Å²) in [5.41, 5.74) is 2.18. The second-order valence-corrected chi connectivity index (χ2v) is 7.05. The first kappa shape index (κ1) is 19.0. The molecule has 0 spiro atoms. The second kappa shape index (κ2) is 8.36. The Morgan fingerprint density at radius 2 is 2.03 bits per heavy atom. The van der Waals surface area contributed by atoms with E-state index in [-0.39, 0.29) is 5.75 Å². The van der Waals surface area contributed by atoms with Gasteiger partial charge in [-0.3, -0.25) is 4.99 Å². The van der Waals surface area contributed by atoms with Crippen LogP contribution >= 0.6 is 11.3 Å². The van der Waals surface area contributed by atoms with Crippen molar-refractivity contribution in [1.82, 2.24) is 4.68 Å². The molecule has 7 heteroatoms. The van der Waals surface area contributed by atoms with Crippen LogP contribution in [0.25, 0.3) is 22.4 Å². The number of fused-ring (bicyclic) bond motifs is 1. The summed E-state index contributed by atoms with van der Waals surface area (Å²) in [6, 6.07) is 15.2. The maximum Gasteiger partial charge on any atom is 0.206 e. The molecule has 0 bridgehead atoms. The lowest BCUT2D eigenvalue weighted by molar-refractivity contribution is 0.318. The molecule has 0 amide bonds. The highest BCUT2D eigenvalue weighted by molar-refractivity contribution is 7.07. The van der Waals surface area contributed by atoms with E-state index in [0.717, 1.165) is 21.5 Å². The first-order valence-electron chi connectivity index (χ1n) is 9.40. The van der Waals surface area contributed by atoms with Gasteiger partial charge in [-0.05, 0) is 38.1 Å². The van der Waals surface area contributed by atoms with Crippen molar-refractivity contribution in [1.29, 1.82) is 0 Å². The van der Waals surface area contributed by atoms with E-state index in [9.17, 15) is 5.11 Å². The fraction of sp³-hybridized carbons (Fsp3) is 0.182. The minimum atomic E-state index is 0.0631. The van der Waals surface area contributed by atoms with Gasteiger partial charge in [0.05, 0.1) is 12.8 Å². The normalized spacial score (nSPS) is 12.3. The molecule has 6 nitrogen and oxygen atoms in total. The van der Waals surface area contributed by atoms with Crippen molar-refractivity contribution in [2.75, 3.05) is 13.2 Å². The molecule has 4 rings (SSSR count). The van der Waals surface area contributed by atoms with Gasteiger partial charge in [0.2, 0.25) is 4.80 Å². The Labute approximate surface area is 172 Å². The van der Waals surface area contributed by atoms with Crippen LogP contribution < -0.4 is 9.54 Å². The van der Waals surface area contributed by atoms with Gasteiger partial charge in [-0.1, -0.05) is 24.3 Å². The lowest BCUT2D eigenvalue weighted by Gasteiger charge is -2.07. The fourth-order valence-electron chi connectivity index (χ4n) is 2.97. The van der Waals surface area contributed by atoms with Crippen molar-refractivity contribution in [2.24, 2.45) is 10.1 Å². The highest BCUT2D eigenvalue weighted by atomic mass is 32.1. The van der Waals surface area contributed by atoms with E-state index in [1.807, 2.05) is 55.6 Å². The Hall–Kier alpha value is -3.32. The van der Waals surface area contributed by atoms with Gasteiger partial charge in [-0.15, -0.1) is 11.3 Å². The number of thiazole rings is 1. The third kappa shape index (κ3) is 3.82. The van der Waals surface area contributed by atoms with Crippen LogP contribution in [0.1, 0.15) is 19.4 Å². The predicted molar refractivity (Wildman–Crippen MR) is 116 cm³/mol. The SMILES string of the molecule is CCN=c1scc(-c2cc3ccccc3o2)n1N=Cc1cccc(OCC)c1O. The number of phenols is 1. The standard InChI is InChI=1S/C22H21N3O3S/c1-3-23-22-25(24-13-16-9-7-11-19(21(16)26)27-4-2)17(14-29-22)20-12-15-8-5-6-10-18(15)28-20/h5-14,26H,3-4H2,1-2H3. The molecule has 29 heavy (non-hydrogen) atoms. The third-order valence-electron chi connectivity index (χ3n) is 4.30. The zero-order chi connectivity index (χ0) is 20.2. The van der Waals surface area contributed by atoms with Gasteiger partial charge < -0.3 is 14.3 Å². The van der Waals surface area contributed by atoms with E-state index in [1.165, 1.54) is 11.3 Å². The Kier molecular flexibility index (Phi) is 5.48. The first-order chi connectivity index (χ1) is 14.2. The molecule has 0 aliphatic rings. The average molecular weight is 407 g/mol. The largest absolute Gasteiger partial charge is 0.504 e. The summed E-state index contributed by atoms with van der Waals surface area (Å²) in [6.07, 6.45) is 1.60. The van der Waals surface area contributed by atoms with Crippen molar-refractivity contribution >= 4 is 28.5 Å². The highest BCUT2D eigenvalue weighted by Gasteiger charge is 2.13. The molecule has 148 valence electrons. The topological polar surface area (TPSA) is 72.2 Å². The molecule has 2 heterocycles. The number of hydrogen-bond donors (Lipinski definition) is 1. The number of rotatable bonds is 6. The molecule has 0 saturated heterocycles. The quantitative estimate of drug-likeness (QED) is 0.464. The van der Waals surface area contributed by atoms with Gasteiger partial charge in [0.25, 0.3) is 0 Å².